The number of aliphatic carboxylic acids is 2. The summed E-state index contributed by atoms with van der Waals surface area (Å²) in [6.07, 6.45) is -7.22. The predicted octanol–water partition coefficient (Wildman–Crippen LogP) is 5.58. The number of ether oxygens (including phenoxy) is 2. The van der Waals surface area contributed by atoms with Crippen LogP contribution in [0.2, 0.25) is 0 Å². The number of carboxylic acid groups (broad SMARTS) is 2. The first-order chi connectivity index (χ1) is 20.5. The highest BCUT2D eigenvalue weighted by Crippen LogP contribution is 2.65. The van der Waals surface area contributed by atoms with Crippen molar-refractivity contribution < 1.29 is 105 Å². The summed E-state index contributed by atoms with van der Waals surface area (Å²) in [4.78, 5) is 42.9. The zero-order valence-electron chi connectivity index (χ0n) is 21.6. The average molecular weight is 702 g/mol. The largest absolute Gasteiger partial charge is 0.481 e. The van der Waals surface area contributed by atoms with Gasteiger partial charge in [0, 0.05) is 11.1 Å². The lowest BCUT2D eigenvalue weighted by molar-refractivity contribution is -0.468. The van der Waals surface area contributed by atoms with Crippen molar-refractivity contribution in [2.75, 3.05) is 0 Å². The molecule has 0 aromatic heterocycles. The summed E-state index contributed by atoms with van der Waals surface area (Å²) in [7, 11) is 0. The topological polar surface area (TPSA) is 127 Å². The monoisotopic (exact) mass is 702 g/mol. The maximum Gasteiger partial charge on any atom is 0.384 e. The molecule has 2 N–H and O–H groups in total. The van der Waals surface area contributed by atoms with Crippen LogP contribution in [0.25, 0.3) is 0 Å². The number of benzene rings is 1. The zero-order chi connectivity index (χ0) is 36.5. The molecule has 0 amide bonds. The van der Waals surface area contributed by atoms with E-state index >= 15 is 0 Å². The second-order valence-corrected chi connectivity index (χ2v) is 8.73. The van der Waals surface area contributed by atoms with Crippen molar-refractivity contribution in [2.24, 2.45) is 0 Å². The van der Waals surface area contributed by atoms with Gasteiger partial charge in [0.25, 0.3) is 0 Å². The van der Waals surface area contributed by atoms with Crippen molar-refractivity contribution in [3.8, 4) is 0 Å². The van der Waals surface area contributed by atoms with E-state index in [0.717, 1.165) is 0 Å². The normalized spacial score (nSPS) is 18.8. The third kappa shape index (κ3) is 6.85. The first-order valence-electron chi connectivity index (χ1n) is 11.1. The minimum atomic E-state index is -7.19. The summed E-state index contributed by atoms with van der Waals surface area (Å²) in [5, 5.41) is 16.7. The Labute approximate surface area is 243 Å². The summed E-state index contributed by atoms with van der Waals surface area (Å²) < 4.78 is 204. The molecular weight excluding hydrogens is 689 g/mol. The van der Waals surface area contributed by atoms with E-state index in [4.69, 9.17) is 10.2 Å². The number of carboxylic acids is 2. The first-order valence-corrected chi connectivity index (χ1v) is 11.1. The molecule has 0 aliphatic heterocycles. The molecule has 0 radical (unpaired) electrons. The van der Waals surface area contributed by atoms with E-state index in [2.05, 4.69) is 22.6 Å². The highest BCUT2D eigenvalue weighted by molar-refractivity contribution is 5.93. The van der Waals surface area contributed by atoms with E-state index in [9.17, 15) is 85.0 Å². The molecule has 8 nitrogen and oxygen atoms in total. The third-order valence-corrected chi connectivity index (χ3v) is 5.46. The number of carbonyl (C=O) groups excluding carboxylic acids is 2. The summed E-state index contributed by atoms with van der Waals surface area (Å²) in [5.41, 5.74) is -3.25. The van der Waals surface area contributed by atoms with Crippen LogP contribution in [-0.4, -0.2) is 69.8 Å². The summed E-state index contributed by atoms with van der Waals surface area (Å²) >= 11 is 0. The molecule has 1 aliphatic rings. The highest BCUT2D eigenvalue weighted by Gasteiger charge is 2.96. The SMILES string of the molecule is C=C(CC(=O)O)C(=O)OC1C(F)(F)C(F)(F)C(F)(F)C(F)(F)C1(F)F.C=C(CC(=O)O)C(=O)OCc1c(F)c(F)c(F)c(F)c1F. The van der Waals surface area contributed by atoms with E-state index in [0.29, 0.717) is 0 Å². The second-order valence-electron chi connectivity index (χ2n) is 8.73. The van der Waals surface area contributed by atoms with Gasteiger partial charge < -0.3 is 19.7 Å². The van der Waals surface area contributed by atoms with Gasteiger partial charge in [0.1, 0.15) is 6.61 Å². The Bertz CT molecular complexity index is 1400. The number of hydrogen-bond acceptors (Lipinski definition) is 6. The van der Waals surface area contributed by atoms with Crippen molar-refractivity contribution in [2.45, 2.75) is 55.2 Å². The molecule has 0 spiro atoms. The lowest BCUT2D eigenvalue weighted by Gasteiger charge is -2.48. The molecular formula is C23H13F15O8. The van der Waals surface area contributed by atoms with Crippen LogP contribution in [-0.2, 0) is 35.3 Å². The van der Waals surface area contributed by atoms with Gasteiger partial charge >= 0.3 is 53.5 Å². The molecule has 1 saturated carbocycles. The molecule has 0 unspecified atom stereocenters. The number of halogens is 15. The molecule has 2 rings (SSSR count). The Morgan fingerprint density at radius 1 is 0.587 bits per heavy atom. The van der Waals surface area contributed by atoms with Crippen LogP contribution >= 0.6 is 0 Å². The quantitative estimate of drug-likeness (QED) is 0.112. The maximum atomic E-state index is 13.4. The Morgan fingerprint density at radius 2 is 0.913 bits per heavy atom. The van der Waals surface area contributed by atoms with Crippen molar-refractivity contribution in [1.82, 2.24) is 0 Å². The zero-order valence-corrected chi connectivity index (χ0v) is 21.6. The van der Waals surface area contributed by atoms with Gasteiger partial charge in [-0.1, -0.05) is 13.2 Å². The third-order valence-electron chi connectivity index (χ3n) is 5.46. The molecule has 46 heavy (non-hydrogen) atoms. The molecule has 0 heterocycles. The molecule has 0 saturated heterocycles. The van der Waals surface area contributed by atoms with Gasteiger partial charge in [-0.25, -0.2) is 31.5 Å². The smallest absolute Gasteiger partial charge is 0.384 e. The minimum Gasteiger partial charge on any atom is -0.481 e. The van der Waals surface area contributed by atoms with Gasteiger partial charge in [-0.2, -0.15) is 43.9 Å². The van der Waals surface area contributed by atoms with Crippen molar-refractivity contribution >= 4 is 23.9 Å². The van der Waals surface area contributed by atoms with Crippen LogP contribution < -0.4 is 0 Å². The fraction of sp³-hybridized carbons (Fsp3) is 0.391. The molecule has 1 aliphatic carbocycles. The van der Waals surface area contributed by atoms with Crippen molar-refractivity contribution in [1.29, 1.82) is 0 Å². The molecule has 0 bridgehead atoms. The fourth-order valence-electron chi connectivity index (χ4n) is 3.04. The van der Waals surface area contributed by atoms with Gasteiger partial charge in [0.2, 0.25) is 11.9 Å². The number of esters is 2. The van der Waals surface area contributed by atoms with E-state index in [-0.39, 0.29) is 0 Å². The van der Waals surface area contributed by atoms with Crippen LogP contribution in [0.15, 0.2) is 24.3 Å². The van der Waals surface area contributed by atoms with Gasteiger partial charge in [-0.05, 0) is 0 Å². The average Bonchev–Trinajstić information content (AvgIpc) is 2.91. The second kappa shape index (κ2) is 13.1. The van der Waals surface area contributed by atoms with Crippen molar-refractivity contribution in [3.05, 3.63) is 59.0 Å². The minimum absolute atomic E-state index is 0.550. The maximum absolute atomic E-state index is 13.4. The number of rotatable bonds is 9. The Kier molecular flexibility index (Phi) is 11.3. The standard InChI is InChI=1S/C12H7F5O4.C11H6F10O4/c1-4(2-6(18)19)12(20)21-3-5-7(13)9(15)11(17)10(16)8(5)14;1-3(2-4(22)23)5(24)25-6-7(12,13)9(16,17)11(20,21)10(18,19)8(6,14)15/h1-3H2,(H,18,19);6H,1-2H2,(H,22,23). The van der Waals surface area contributed by atoms with Crippen LogP contribution in [0.1, 0.15) is 18.4 Å². The molecule has 0 atom stereocenters. The number of alkyl halides is 10. The van der Waals surface area contributed by atoms with Crippen LogP contribution in [0.5, 0.6) is 0 Å². The Morgan fingerprint density at radius 3 is 1.26 bits per heavy atom. The predicted molar refractivity (Wildman–Crippen MR) is 113 cm³/mol. The lowest BCUT2D eigenvalue weighted by atomic mass is 9.80. The molecule has 258 valence electrons. The molecule has 1 fully saturated rings. The Balaban J connectivity index is 0.000000467. The highest BCUT2D eigenvalue weighted by atomic mass is 19.4. The lowest BCUT2D eigenvalue weighted by Crippen LogP contribution is -2.80. The van der Waals surface area contributed by atoms with Crippen molar-refractivity contribution in [3.63, 3.8) is 0 Å². The van der Waals surface area contributed by atoms with E-state index in [1.54, 1.807) is 0 Å². The summed E-state index contributed by atoms with van der Waals surface area (Å²) in [5.74, 6) is -52.5. The summed E-state index contributed by atoms with van der Waals surface area (Å²) in [6.45, 7) is 4.38. The van der Waals surface area contributed by atoms with E-state index in [1.165, 1.54) is 0 Å². The summed E-state index contributed by atoms with van der Waals surface area (Å²) in [6, 6.07) is 0. The van der Waals surface area contributed by atoms with Crippen LogP contribution in [0, 0.1) is 29.1 Å². The fourth-order valence-corrected chi connectivity index (χ4v) is 3.04. The van der Waals surface area contributed by atoms with Gasteiger partial charge in [-0.3, -0.25) is 9.59 Å². The van der Waals surface area contributed by atoms with E-state index < -0.39 is 125 Å². The van der Waals surface area contributed by atoms with Gasteiger partial charge in [0.05, 0.1) is 18.4 Å². The molecule has 23 heteroatoms. The molecule has 1 aromatic carbocycles. The van der Waals surface area contributed by atoms with E-state index in [1.807, 2.05) is 0 Å². The molecule has 1 aromatic rings. The van der Waals surface area contributed by atoms with Gasteiger partial charge in [0.15, 0.2) is 23.3 Å². The van der Waals surface area contributed by atoms with Crippen LogP contribution in [0.3, 0.4) is 0 Å². The van der Waals surface area contributed by atoms with Gasteiger partial charge in [-0.15, -0.1) is 0 Å². The Hall–Kier alpha value is -4.47. The first kappa shape index (κ1) is 39.6. The number of hydrogen-bond donors (Lipinski definition) is 2. The van der Waals surface area contributed by atoms with Crippen LogP contribution in [0.4, 0.5) is 65.9 Å². The number of carbonyl (C=O) groups is 4.